The van der Waals surface area contributed by atoms with Crippen LogP contribution >= 0.6 is 0 Å². The van der Waals surface area contributed by atoms with Crippen molar-refractivity contribution in [3.8, 4) is 0 Å². The van der Waals surface area contributed by atoms with Crippen LogP contribution < -0.4 is 5.32 Å². The van der Waals surface area contributed by atoms with E-state index < -0.39 is 155 Å². The van der Waals surface area contributed by atoms with E-state index in [-0.39, 0.29) is 74.3 Å². The van der Waals surface area contributed by atoms with Crippen molar-refractivity contribution in [3.63, 3.8) is 0 Å². The first-order chi connectivity index (χ1) is 43.2. The zero-order chi connectivity index (χ0) is 71.4. The summed E-state index contributed by atoms with van der Waals surface area (Å²) in [6.45, 7) is 36.6. The topological polar surface area (TPSA) is 255 Å². The number of Topliss-reactive ketones (excluding diaryl/α,β-unsaturated/α-hetero) is 3. The molecule has 22 nitrogen and oxygen atoms in total. The Kier molecular flexibility index (Phi) is 34.6. The lowest BCUT2D eigenvalue weighted by Crippen LogP contribution is -2.61. The highest BCUT2D eigenvalue weighted by atomic mass is 16.5. The van der Waals surface area contributed by atoms with Crippen LogP contribution in [-0.4, -0.2) is 239 Å². The molecule has 12 atom stereocenters. The Bertz CT molecular complexity index is 2580. The third-order valence-corrected chi connectivity index (χ3v) is 18.9. The van der Waals surface area contributed by atoms with E-state index in [1.54, 1.807) is 48.5 Å². The van der Waals surface area contributed by atoms with Gasteiger partial charge in [-0.3, -0.25) is 57.6 Å². The van der Waals surface area contributed by atoms with Gasteiger partial charge in [0.1, 0.15) is 35.9 Å². The summed E-state index contributed by atoms with van der Waals surface area (Å²) in [5.74, 6) is -11.5. The summed E-state index contributed by atoms with van der Waals surface area (Å²) in [7, 11) is 10.1. The maximum atomic E-state index is 15.4. The quantitative estimate of drug-likeness (QED) is 0.106. The maximum absolute atomic E-state index is 15.4. The van der Waals surface area contributed by atoms with Gasteiger partial charge in [-0.2, -0.15) is 0 Å². The number of carbonyl (C=O) groups excluding carboxylic acids is 11. The van der Waals surface area contributed by atoms with Crippen molar-refractivity contribution in [2.45, 2.75) is 223 Å². The second-order valence-corrected chi connectivity index (χ2v) is 29.2. The minimum atomic E-state index is -1.54. The molecule has 2 saturated heterocycles. The smallest absolute Gasteiger partial charge is 0.270 e. The minimum absolute atomic E-state index is 0.0797. The molecule has 0 bridgehead atoms. The van der Waals surface area contributed by atoms with Gasteiger partial charge < -0.3 is 49.5 Å². The predicted molar refractivity (Wildman–Crippen MR) is 362 cm³/mol. The van der Waals surface area contributed by atoms with E-state index >= 15 is 19.2 Å². The van der Waals surface area contributed by atoms with Gasteiger partial charge in [0.25, 0.3) is 5.91 Å². The van der Waals surface area contributed by atoms with E-state index in [1.165, 1.54) is 85.7 Å². The Hall–Kier alpha value is -5.87. The van der Waals surface area contributed by atoms with Crippen molar-refractivity contribution in [2.24, 2.45) is 59.2 Å². The Morgan fingerprint density at radius 3 is 1.46 bits per heavy atom. The maximum Gasteiger partial charge on any atom is 0.270 e. The molecule has 2 aliphatic rings. The number of amides is 8. The normalized spacial score (nSPS) is 27.1. The largest absolute Gasteiger partial charge is 0.390 e. The zero-order valence-electron chi connectivity index (χ0n) is 61.3. The SMILES string of the molecule is C=C1C(=O)N(C)[C@@H](CC(C)C)C(=O)C[C@H](C(C)C)C(=O)N(C)[C@H](CC(C)C)C(=O)C[C@H](C)C(=O)N[C@@H](C)C(=O)N(C)[C@H](CC(C)C)C(=O)N(C)[C@H](CC(C)C)C(=O)N(C)[C@H](C(C)C)C(=O)N(C)[C@H]([C@H](O)[C@H](C)C/C=C/CCN2CCOCC2)C(=O)C[C@H](CC)C(=O)N1C. The first-order valence-electron chi connectivity index (χ1n) is 34.2. The number of likely N-dealkylation sites (N-methyl/N-ethyl adjacent to an activating group) is 7. The summed E-state index contributed by atoms with van der Waals surface area (Å²) in [4.78, 5) is 174. The number of carbonyl (C=O) groups is 11. The highest BCUT2D eigenvalue weighted by Gasteiger charge is 2.46. The highest BCUT2D eigenvalue weighted by molar-refractivity contribution is 6.02. The van der Waals surface area contributed by atoms with Crippen molar-refractivity contribution in [3.05, 3.63) is 24.4 Å². The van der Waals surface area contributed by atoms with Crippen LogP contribution in [0.1, 0.15) is 175 Å². The molecule has 0 aromatic rings. The lowest BCUT2D eigenvalue weighted by atomic mass is 9.84. The third-order valence-electron chi connectivity index (χ3n) is 18.9. The molecule has 2 N–H and O–H groups in total. The van der Waals surface area contributed by atoms with Crippen LogP contribution in [0.5, 0.6) is 0 Å². The number of ketones is 3. The molecule has 0 spiro atoms. The summed E-state index contributed by atoms with van der Waals surface area (Å²) >= 11 is 0. The Balaban J connectivity index is 2.99. The van der Waals surface area contributed by atoms with Crippen LogP contribution in [0, 0.1) is 59.2 Å². The van der Waals surface area contributed by atoms with Crippen LogP contribution in [0.2, 0.25) is 0 Å². The number of hydrogen-bond donors (Lipinski definition) is 2. The molecule has 2 aliphatic heterocycles. The molecule has 0 saturated carbocycles. The lowest BCUT2D eigenvalue weighted by Gasteiger charge is -2.41. The van der Waals surface area contributed by atoms with E-state index in [9.17, 15) is 38.7 Å². The molecule has 2 fully saturated rings. The van der Waals surface area contributed by atoms with E-state index in [0.29, 0.717) is 19.6 Å². The summed E-state index contributed by atoms with van der Waals surface area (Å²) in [6.07, 6.45) is 3.31. The number of hydrogen-bond acceptors (Lipinski definition) is 14. The van der Waals surface area contributed by atoms with Crippen LogP contribution in [0.25, 0.3) is 0 Å². The van der Waals surface area contributed by atoms with Crippen LogP contribution in [0.4, 0.5) is 0 Å². The standard InChI is InChI=1S/C71H123N9O13/c1-25-52-40-60(83)62(63(84)48(14)29-27-26-28-30-80-31-33-93-34-32-80)79(24)71(92)61(47(12)13)78(23)70(91)57(38-45(8)9)77(22)69(90)56(37-44(6)7)76(21)65(86)50(16)72-64(85)49(15)39-58(81)54(35-42(2)3)75(20)68(89)53(46(10)11)41-59(82)55(36-43(4)5)74(19)66(87)51(17)73(18)67(52)88/h26-27,42-50,52-57,61-63,84H,17,25,28-41H2,1-16,18-24H3,(H,72,85)/b27-26+/t48-,49+,50+,52+,53-,54-,55+,56-,57-,61-,62+,63-/m1/s1. The van der Waals surface area contributed by atoms with Gasteiger partial charge in [0.2, 0.25) is 41.4 Å². The Morgan fingerprint density at radius 2 is 0.978 bits per heavy atom. The van der Waals surface area contributed by atoms with Gasteiger partial charge in [-0.1, -0.05) is 123 Å². The van der Waals surface area contributed by atoms with Crippen LogP contribution in [0.3, 0.4) is 0 Å². The number of aliphatic hydroxyl groups is 1. The Labute approximate surface area is 558 Å². The lowest BCUT2D eigenvalue weighted by molar-refractivity contribution is -0.157. The molecule has 0 aliphatic carbocycles. The first kappa shape index (κ1) is 83.2. The van der Waals surface area contributed by atoms with Gasteiger partial charge >= 0.3 is 0 Å². The molecule has 0 unspecified atom stereocenters. The predicted octanol–water partition coefficient (Wildman–Crippen LogP) is 6.76. The van der Waals surface area contributed by atoms with E-state index in [4.69, 9.17) is 4.74 Å². The summed E-state index contributed by atoms with van der Waals surface area (Å²) < 4.78 is 5.50. The molecule has 93 heavy (non-hydrogen) atoms. The van der Waals surface area contributed by atoms with Gasteiger partial charge in [-0.05, 0) is 93.3 Å². The highest BCUT2D eigenvalue weighted by Crippen LogP contribution is 2.30. The summed E-state index contributed by atoms with van der Waals surface area (Å²) in [5.41, 5.74) is -0.289. The van der Waals surface area contributed by atoms with Crippen molar-refractivity contribution in [2.75, 3.05) is 82.2 Å². The van der Waals surface area contributed by atoms with Gasteiger partial charge in [0, 0.05) is 106 Å². The second kappa shape index (κ2) is 38.6. The molecule has 2 rings (SSSR count). The van der Waals surface area contributed by atoms with Crippen molar-refractivity contribution < 1.29 is 62.6 Å². The van der Waals surface area contributed by atoms with Crippen LogP contribution in [0.15, 0.2) is 24.4 Å². The first-order valence-corrected chi connectivity index (χ1v) is 34.2. The molecule has 8 amide bonds. The number of aliphatic hydroxyl groups excluding tert-OH is 1. The molecular formula is C71H123N9O13. The molecule has 2 heterocycles. The fraction of sp³-hybridized carbons (Fsp3) is 0.789. The zero-order valence-corrected chi connectivity index (χ0v) is 61.3. The molecule has 0 aromatic heterocycles. The fourth-order valence-electron chi connectivity index (χ4n) is 12.7. The van der Waals surface area contributed by atoms with Crippen molar-refractivity contribution in [1.29, 1.82) is 0 Å². The number of nitrogens with one attached hydrogen (secondary N) is 1. The van der Waals surface area contributed by atoms with Gasteiger partial charge in [-0.25, -0.2) is 0 Å². The summed E-state index contributed by atoms with van der Waals surface area (Å²) in [5, 5.41) is 15.2. The van der Waals surface area contributed by atoms with Crippen molar-refractivity contribution >= 4 is 64.6 Å². The van der Waals surface area contributed by atoms with Gasteiger partial charge in [0.15, 0.2) is 17.3 Å². The molecule has 0 radical (unpaired) electrons. The minimum Gasteiger partial charge on any atom is -0.390 e. The number of ether oxygens (including phenoxy) is 1. The van der Waals surface area contributed by atoms with E-state index in [1.807, 2.05) is 67.5 Å². The van der Waals surface area contributed by atoms with Crippen molar-refractivity contribution in [1.82, 2.24) is 44.5 Å². The number of nitrogens with zero attached hydrogens (tertiary/aromatic N) is 8. The number of allylic oxidation sites excluding steroid dienone is 1. The van der Waals surface area contributed by atoms with Gasteiger partial charge in [0.05, 0.1) is 31.4 Å². The number of morpholine rings is 1. The molecule has 0 aromatic carbocycles. The average Bonchev–Trinajstić information content (AvgIpc) is 0.817. The van der Waals surface area contributed by atoms with Gasteiger partial charge in [-0.15, -0.1) is 0 Å². The average molecular weight is 1310 g/mol. The summed E-state index contributed by atoms with van der Waals surface area (Å²) in [6, 6.07) is -8.32. The number of rotatable bonds is 18. The fourth-order valence-corrected chi connectivity index (χ4v) is 12.7. The molecular weight excluding hydrogens is 1190 g/mol. The third kappa shape index (κ3) is 23.8. The van der Waals surface area contributed by atoms with E-state index in [2.05, 4.69) is 16.8 Å². The monoisotopic (exact) mass is 1310 g/mol. The van der Waals surface area contributed by atoms with Crippen LogP contribution in [-0.2, 0) is 57.5 Å². The molecule has 22 heteroatoms. The second-order valence-electron chi connectivity index (χ2n) is 29.2. The molecule has 530 valence electrons. The Morgan fingerprint density at radius 1 is 0.527 bits per heavy atom. The van der Waals surface area contributed by atoms with E-state index in [0.717, 1.165) is 31.0 Å².